The molecule has 0 atom stereocenters. The average molecular weight is 304 g/mol. The summed E-state index contributed by atoms with van der Waals surface area (Å²) in [6.45, 7) is 4.31. The third-order valence-corrected chi connectivity index (χ3v) is 4.64. The minimum Gasteiger partial charge on any atom is -0.304 e. The van der Waals surface area contributed by atoms with Gasteiger partial charge in [-0.15, -0.1) is 0 Å². The fraction of sp³-hybridized carbons (Fsp3) is 0.429. The molecule has 0 amide bonds. The van der Waals surface area contributed by atoms with Gasteiger partial charge in [-0.25, -0.2) is 0 Å². The highest BCUT2D eigenvalue weighted by atomic mass is 31.2. The maximum Gasteiger partial charge on any atom is 0.403 e. The number of benzene rings is 1. The van der Waals surface area contributed by atoms with Crippen LogP contribution in [0.5, 0.6) is 0 Å². The van der Waals surface area contributed by atoms with Crippen LogP contribution in [0.25, 0.3) is 5.57 Å². The predicted octanol–water partition coefficient (Wildman–Crippen LogP) is 4.95. The lowest BCUT2D eigenvalue weighted by Gasteiger charge is -2.24. The van der Waals surface area contributed by atoms with Crippen LogP contribution in [0.3, 0.4) is 0 Å². The lowest BCUT2D eigenvalue weighted by Crippen LogP contribution is -2.18. The van der Waals surface area contributed by atoms with E-state index in [1.165, 1.54) is 20.8 Å². The molecule has 0 aliphatic heterocycles. The first-order valence-electron chi connectivity index (χ1n) is 6.38. The van der Waals surface area contributed by atoms with E-state index in [0.29, 0.717) is 17.2 Å². The number of hydrogen-bond donors (Lipinski definition) is 0. The van der Waals surface area contributed by atoms with E-state index in [1.54, 1.807) is 30.3 Å². The first-order valence-corrected chi connectivity index (χ1v) is 7.92. The van der Waals surface area contributed by atoms with E-state index in [2.05, 4.69) is 0 Å². The van der Waals surface area contributed by atoms with Crippen LogP contribution in [0.1, 0.15) is 26.3 Å². The van der Waals surface area contributed by atoms with Crippen molar-refractivity contribution in [2.45, 2.75) is 26.4 Å². The Morgan fingerprint density at radius 3 is 2.15 bits per heavy atom. The predicted molar refractivity (Wildman–Crippen MR) is 75.9 cm³/mol. The van der Waals surface area contributed by atoms with Gasteiger partial charge in [0.1, 0.15) is 0 Å². The van der Waals surface area contributed by atoms with Crippen LogP contribution in [0, 0.1) is 0 Å². The molecule has 0 spiro atoms. The topological polar surface area (TPSA) is 35.5 Å². The second kappa shape index (κ2) is 7.11. The summed E-state index contributed by atoms with van der Waals surface area (Å²) in [7, 11) is -4.51. The van der Waals surface area contributed by atoms with E-state index in [-0.39, 0.29) is 13.2 Å². The number of allylic oxidation sites excluding steroid dienone is 2. The van der Waals surface area contributed by atoms with Crippen molar-refractivity contribution in [1.82, 2.24) is 0 Å². The molecule has 0 saturated carbocycles. The van der Waals surface area contributed by atoms with E-state index < -0.39 is 13.3 Å². The highest BCUT2D eigenvalue weighted by molar-refractivity contribution is 7.55. The quantitative estimate of drug-likeness (QED) is 0.669. The van der Waals surface area contributed by atoms with Gasteiger partial charge in [0.05, 0.1) is 13.2 Å². The number of halogens is 2. The summed E-state index contributed by atoms with van der Waals surface area (Å²) < 4.78 is 50.0. The molecule has 0 aromatic heterocycles. The van der Waals surface area contributed by atoms with E-state index in [1.807, 2.05) is 0 Å². The van der Waals surface area contributed by atoms with E-state index >= 15 is 0 Å². The lowest BCUT2D eigenvalue weighted by molar-refractivity contribution is 0.0797. The van der Waals surface area contributed by atoms with Gasteiger partial charge in [0.15, 0.2) is 0 Å². The maximum atomic E-state index is 14.2. The largest absolute Gasteiger partial charge is 0.403 e. The van der Waals surface area contributed by atoms with Gasteiger partial charge in [0.2, 0.25) is 0 Å². The van der Waals surface area contributed by atoms with Crippen molar-refractivity contribution < 1.29 is 22.4 Å². The Morgan fingerprint density at radius 2 is 1.70 bits per heavy atom. The SMILES string of the molecule is CCOP(=O)(OCC)C(F)(F)/C=C(\C)c1ccccc1. The smallest absolute Gasteiger partial charge is 0.304 e. The first-order chi connectivity index (χ1) is 9.36. The molecule has 0 aliphatic carbocycles. The van der Waals surface area contributed by atoms with Crippen molar-refractivity contribution in [3.63, 3.8) is 0 Å². The maximum absolute atomic E-state index is 14.2. The molecule has 0 N–H and O–H groups in total. The standard InChI is InChI=1S/C14H19F2O3P/c1-4-18-20(17,19-5-2)14(15,16)11-12(3)13-9-7-6-8-10-13/h6-11H,4-5H2,1-3H3/b12-11+. The van der Waals surface area contributed by atoms with Gasteiger partial charge in [-0.05, 0) is 31.9 Å². The number of hydrogen-bond acceptors (Lipinski definition) is 3. The summed E-state index contributed by atoms with van der Waals surface area (Å²) in [4.78, 5) is 0. The van der Waals surface area contributed by atoms with E-state index in [4.69, 9.17) is 9.05 Å². The zero-order valence-electron chi connectivity index (χ0n) is 11.8. The fourth-order valence-corrected chi connectivity index (χ4v) is 3.12. The van der Waals surface area contributed by atoms with Crippen LogP contribution in [-0.2, 0) is 13.6 Å². The van der Waals surface area contributed by atoms with Crippen LogP contribution in [-0.4, -0.2) is 18.9 Å². The molecule has 0 fully saturated rings. The highest BCUT2D eigenvalue weighted by Crippen LogP contribution is 2.62. The third kappa shape index (κ3) is 3.98. The molecule has 0 aliphatic rings. The summed E-state index contributed by atoms with van der Waals surface area (Å²) in [5.74, 6) is 0. The molecule has 20 heavy (non-hydrogen) atoms. The third-order valence-electron chi connectivity index (χ3n) is 2.58. The van der Waals surface area contributed by atoms with Gasteiger partial charge in [0.25, 0.3) is 0 Å². The lowest BCUT2D eigenvalue weighted by atomic mass is 10.1. The molecule has 6 heteroatoms. The number of alkyl halides is 2. The molecule has 0 heterocycles. The molecular weight excluding hydrogens is 285 g/mol. The Balaban J connectivity index is 3.11. The van der Waals surface area contributed by atoms with Crippen LogP contribution in [0.2, 0.25) is 0 Å². The summed E-state index contributed by atoms with van der Waals surface area (Å²) in [6.07, 6.45) is 0.647. The van der Waals surface area contributed by atoms with Crippen molar-refractivity contribution >= 4 is 13.2 Å². The minimum atomic E-state index is -4.51. The van der Waals surface area contributed by atoms with E-state index in [9.17, 15) is 13.3 Å². The van der Waals surface area contributed by atoms with Crippen molar-refractivity contribution in [2.24, 2.45) is 0 Å². The van der Waals surface area contributed by atoms with Crippen LogP contribution < -0.4 is 0 Å². The zero-order chi connectivity index (χ0) is 15.2. The highest BCUT2D eigenvalue weighted by Gasteiger charge is 2.51. The summed E-state index contributed by atoms with van der Waals surface area (Å²) >= 11 is 0. The molecule has 0 bridgehead atoms. The van der Waals surface area contributed by atoms with Crippen LogP contribution in [0.4, 0.5) is 8.78 Å². The van der Waals surface area contributed by atoms with Gasteiger partial charge in [-0.1, -0.05) is 30.3 Å². The monoisotopic (exact) mass is 304 g/mol. The second-order valence-corrected chi connectivity index (χ2v) is 6.22. The van der Waals surface area contributed by atoms with Gasteiger partial charge >= 0.3 is 13.3 Å². The molecule has 1 aromatic rings. The fourth-order valence-electron chi connectivity index (χ4n) is 1.67. The second-order valence-electron chi connectivity index (χ2n) is 4.11. The molecule has 1 rings (SSSR count). The Morgan fingerprint density at radius 1 is 1.20 bits per heavy atom. The molecular formula is C14H19F2O3P. The van der Waals surface area contributed by atoms with Crippen molar-refractivity contribution in [3.05, 3.63) is 42.0 Å². The molecule has 3 nitrogen and oxygen atoms in total. The summed E-state index contributed by atoms with van der Waals surface area (Å²) in [5.41, 5.74) is -2.72. The normalized spacial score (nSPS) is 13.6. The van der Waals surface area contributed by atoms with Crippen molar-refractivity contribution in [1.29, 1.82) is 0 Å². The molecule has 0 radical (unpaired) electrons. The average Bonchev–Trinajstić information content (AvgIpc) is 2.39. The van der Waals surface area contributed by atoms with Gasteiger partial charge in [0, 0.05) is 6.08 Å². The van der Waals surface area contributed by atoms with E-state index in [0.717, 1.165) is 0 Å². The van der Waals surface area contributed by atoms with Gasteiger partial charge < -0.3 is 9.05 Å². The molecule has 112 valence electrons. The summed E-state index contributed by atoms with van der Waals surface area (Å²) in [6, 6.07) is 8.69. The van der Waals surface area contributed by atoms with Crippen molar-refractivity contribution in [2.75, 3.05) is 13.2 Å². The van der Waals surface area contributed by atoms with Gasteiger partial charge in [-0.2, -0.15) is 8.78 Å². The Bertz CT molecular complexity index is 490. The Hall–Kier alpha value is -1.03. The minimum absolute atomic E-state index is 0.106. The zero-order valence-corrected chi connectivity index (χ0v) is 12.7. The first kappa shape index (κ1) is 17.0. The molecule has 0 unspecified atom stereocenters. The Labute approximate surface area is 118 Å². The molecule has 1 aromatic carbocycles. The number of rotatable bonds is 7. The van der Waals surface area contributed by atoms with Crippen molar-refractivity contribution in [3.8, 4) is 0 Å². The van der Waals surface area contributed by atoms with Gasteiger partial charge in [-0.3, -0.25) is 4.57 Å². The summed E-state index contributed by atoms with van der Waals surface area (Å²) in [5, 5.41) is 0. The molecule has 0 saturated heterocycles. The van der Waals surface area contributed by atoms with Crippen LogP contribution >= 0.6 is 7.60 Å². The Kier molecular flexibility index (Phi) is 6.06. The van der Waals surface area contributed by atoms with Crippen LogP contribution in [0.15, 0.2) is 36.4 Å².